The molecule has 112 valence electrons. The smallest absolute Gasteiger partial charge is 0.315 e. The first-order valence-corrected chi connectivity index (χ1v) is 8.19. The number of nitrogens with zero attached hydrogens (tertiary/aromatic N) is 1. The molecule has 1 aliphatic rings. The SMILES string of the molecule is COC[C@H](C)NC(=O)NC1CCN(S(C)(=O)=O)CC1. The van der Waals surface area contributed by atoms with Crippen molar-refractivity contribution in [1.82, 2.24) is 14.9 Å². The second kappa shape index (κ2) is 7.06. The second-order valence-corrected chi connectivity index (χ2v) is 6.89. The maximum absolute atomic E-state index is 11.7. The number of sulfonamides is 1. The van der Waals surface area contributed by atoms with Crippen molar-refractivity contribution in [2.75, 3.05) is 33.1 Å². The number of urea groups is 1. The van der Waals surface area contributed by atoms with Gasteiger partial charge in [-0.05, 0) is 19.8 Å². The van der Waals surface area contributed by atoms with Crippen molar-refractivity contribution in [3.8, 4) is 0 Å². The average Bonchev–Trinajstić information content (AvgIpc) is 2.28. The molecule has 0 spiro atoms. The van der Waals surface area contributed by atoms with Crippen LogP contribution in [0.25, 0.3) is 0 Å². The van der Waals surface area contributed by atoms with Gasteiger partial charge in [0.2, 0.25) is 10.0 Å². The predicted octanol–water partition coefficient (Wildman–Crippen LogP) is -0.255. The zero-order valence-electron chi connectivity index (χ0n) is 11.7. The molecule has 1 rings (SSSR count). The summed E-state index contributed by atoms with van der Waals surface area (Å²) in [6, 6.07) is -0.267. The van der Waals surface area contributed by atoms with Crippen LogP contribution in [0.1, 0.15) is 19.8 Å². The summed E-state index contributed by atoms with van der Waals surface area (Å²) in [7, 11) is -1.54. The van der Waals surface area contributed by atoms with Gasteiger partial charge in [0.1, 0.15) is 0 Å². The maximum atomic E-state index is 11.7. The summed E-state index contributed by atoms with van der Waals surface area (Å²) >= 11 is 0. The Morgan fingerprint density at radius 3 is 2.47 bits per heavy atom. The Kier molecular flexibility index (Phi) is 6.02. The van der Waals surface area contributed by atoms with E-state index in [1.165, 1.54) is 10.6 Å². The van der Waals surface area contributed by atoms with Gasteiger partial charge >= 0.3 is 6.03 Å². The number of nitrogens with one attached hydrogen (secondary N) is 2. The molecule has 7 nitrogen and oxygen atoms in total. The molecule has 0 unspecified atom stereocenters. The minimum absolute atomic E-state index is 0.0211. The van der Waals surface area contributed by atoms with E-state index in [2.05, 4.69) is 10.6 Å². The van der Waals surface area contributed by atoms with E-state index in [1.807, 2.05) is 6.92 Å². The van der Waals surface area contributed by atoms with Crippen LogP contribution in [0.2, 0.25) is 0 Å². The third-order valence-electron chi connectivity index (χ3n) is 3.05. The van der Waals surface area contributed by atoms with Gasteiger partial charge in [-0.25, -0.2) is 17.5 Å². The van der Waals surface area contributed by atoms with Crippen LogP contribution in [0.4, 0.5) is 4.79 Å². The lowest BCUT2D eigenvalue weighted by Crippen LogP contribution is -2.50. The Morgan fingerprint density at radius 2 is 2.00 bits per heavy atom. The highest BCUT2D eigenvalue weighted by atomic mass is 32.2. The minimum Gasteiger partial charge on any atom is -0.383 e. The lowest BCUT2D eigenvalue weighted by atomic mass is 10.1. The fourth-order valence-corrected chi connectivity index (χ4v) is 2.95. The summed E-state index contributed by atoms with van der Waals surface area (Å²) in [5, 5.41) is 5.62. The average molecular weight is 293 g/mol. The lowest BCUT2D eigenvalue weighted by Gasteiger charge is -2.30. The molecule has 0 aromatic heterocycles. The molecule has 0 bridgehead atoms. The van der Waals surface area contributed by atoms with Gasteiger partial charge in [0, 0.05) is 26.2 Å². The highest BCUT2D eigenvalue weighted by molar-refractivity contribution is 7.88. The Morgan fingerprint density at radius 1 is 1.42 bits per heavy atom. The summed E-state index contributed by atoms with van der Waals surface area (Å²) in [6.07, 6.45) is 2.48. The van der Waals surface area contributed by atoms with Crippen molar-refractivity contribution in [2.45, 2.75) is 31.8 Å². The normalized spacial score (nSPS) is 19.9. The van der Waals surface area contributed by atoms with Crippen molar-refractivity contribution in [3.63, 3.8) is 0 Å². The number of ether oxygens (including phenoxy) is 1. The molecule has 0 aromatic rings. The first kappa shape index (κ1) is 16.2. The van der Waals surface area contributed by atoms with Crippen molar-refractivity contribution in [1.29, 1.82) is 0 Å². The molecule has 1 aliphatic heterocycles. The molecular formula is C11H23N3O4S. The van der Waals surface area contributed by atoms with Crippen LogP contribution in [0, 0.1) is 0 Å². The van der Waals surface area contributed by atoms with Gasteiger partial charge in [0.25, 0.3) is 0 Å². The van der Waals surface area contributed by atoms with E-state index in [4.69, 9.17) is 4.74 Å². The van der Waals surface area contributed by atoms with E-state index in [9.17, 15) is 13.2 Å². The van der Waals surface area contributed by atoms with E-state index >= 15 is 0 Å². The Labute approximate surface area is 114 Å². The molecule has 1 fully saturated rings. The molecule has 2 N–H and O–H groups in total. The zero-order valence-corrected chi connectivity index (χ0v) is 12.5. The van der Waals surface area contributed by atoms with Crippen LogP contribution in [0.5, 0.6) is 0 Å². The van der Waals surface area contributed by atoms with E-state index in [1.54, 1.807) is 7.11 Å². The molecule has 0 radical (unpaired) electrons. The Balaban J connectivity index is 2.31. The van der Waals surface area contributed by atoms with Crippen LogP contribution < -0.4 is 10.6 Å². The third-order valence-corrected chi connectivity index (χ3v) is 4.36. The van der Waals surface area contributed by atoms with E-state index in [0.717, 1.165) is 0 Å². The molecule has 1 heterocycles. The van der Waals surface area contributed by atoms with Crippen LogP contribution in [0.15, 0.2) is 0 Å². The first-order chi connectivity index (χ1) is 8.82. The lowest BCUT2D eigenvalue weighted by molar-refractivity contribution is 0.169. The largest absolute Gasteiger partial charge is 0.383 e. The number of amides is 2. The molecule has 2 amide bonds. The van der Waals surface area contributed by atoms with Gasteiger partial charge in [-0.2, -0.15) is 0 Å². The fourth-order valence-electron chi connectivity index (χ4n) is 2.07. The van der Waals surface area contributed by atoms with E-state index in [-0.39, 0.29) is 18.1 Å². The molecular weight excluding hydrogens is 270 g/mol. The number of carbonyl (C=O) groups excluding carboxylic acids is 1. The van der Waals surface area contributed by atoms with Crippen LogP contribution >= 0.6 is 0 Å². The van der Waals surface area contributed by atoms with E-state index in [0.29, 0.717) is 32.5 Å². The molecule has 1 saturated heterocycles. The number of hydrogen-bond acceptors (Lipinski definition) is 4. The maximum Gasteiger partial charge on any atom is 0.315 e. The monoisotopic (exact) mass is 293 g/mol. The minimum atomic E-state index is -3.12. The quantitative estimate of drug-likeness (QED) is 0.731. The molecule has 0 saturated carbocycles. The van der Waals surface area contributed by atoms with Crippen LogP contribution in [-0.4, -0.2) is 63.9 Å². The Bertz CT molecular complexity index is 391. The summed E-state index contributed by atoms with van der Waals surface area (Å²) in [4.78, 5) is 11.7. The number of carbonyl (C=O) groups is 1. The summed E-state index contributed by atoms with van der Waals surface area (Å²) in [6.45, 7) is 3.23. The zero-order chi connectivity index (χ0) is 14.5. The van der Waals surface area contributed by atoms with Crippen molar-refractivity contribution >= 4 is 16.1 Å². The predicted molar refractivity (Wildman–Crippen MR) is 72.4 cm³/mol. The summed E-state index contributed by atoms with van der Waals surface area (Å²) < 4.78 is 29.1. The highest BCUT2D eigenvalue weighted by Crippen LogP contribution is 2.12. The molecule has 8 heteroatoms. The molecule has 0 aromatic carbocycles. The summed E-state index contributed by atoms with van der Waals surface area (Å²) in [5.41, 5.74) is 0. The first-order valence-electron chi connectivity index (χ1n) is 6.34. The Hall–Kier alpha value is -0.860. The van der Waals surface area contributed by atoms with Gasteiger partial charge in [0.05, 0.1) is 18.9 Å². The molecule has 19 heavy (non-hydrogen) atoms. The second-order valence-electron chi connectivity index (χ2n) is 4.91. The van der Waals surface area contributed by atoms with Crippen molar-refractivity contribution in [3.05, 3.63) is 0 Å². The number of piperidine rings is 1. The third kappa shape index (κ3) is 5.75. The summed E-state index contributed by atoms with van der Waals surface area (Å²) in [5.74, 6) is 0. The number of methoxy groups -OCH3 is 1. The number of rotatable bonds is 5. The standard InChI is InChI=1S/C11H23N3O4S/c1-9(8-18-2)12-11(15)13-10-4-6-14(7-5-10)19(3,16)17/h9-10H,4-8H2,1-3H3,(H2,12,13,15)/t9-/m0/s1. The van der Waals surface area contributed by atoms with Gasteiger partial charge in [-0.3, -0.25) is 0 Å². The van der Waals surface area contributed by atoms with E-state index < -0.39 is 10.0 Å². The molecule has 0 aliphatic carbocycles. The highest BCUT2D eigenvalue weighted by Gasteiger charge is 2.25. The molecule has 1 atom stereocenters. The van der Waals surface area contributed by atoms with Gasteiger partial charge in [0.15, 0.2) is 0 Å². The fraction of sp³-hybridized carbons (Fsp3) is 0.909. The van der Waals surface area contributed by atoms with Crippen LogP contribution in [-0.2, 0) is 14.8 Å². The van der Waals surface area contributed by atoms with Gasteiger partial charge < -0.3 is 15.4 Å². The van der Waals surface area contributed by atoms with Crippen molar-refractivity contribution < 1.29 is 17.9 Å². The number of hydrogen-bond donors (Lipinski definition) is 2. The van der Waals surface area contributed by atoms with Crippen LogP contribution in [0.3, 0.4) is 0 Å². The topological polar surface area (TPSA) is 87.7 Å². The van der Waals surface area contributed by atoms with Gasteiger partial charge in [-0.1, -0.05) is 0 Å². The van der Waals surface area contributed by atoms with Crippen molar-refractivity contribution in [2.24, 2.45) is 0 Å². The van der Waals surface area contributed by atoms with Gasteiger partial charge in [-0.15, -0.1) is 0 Å².